The molecule has 0 unspecified atom stereocenters. The normalized spacial score (nSPS) is 15.4. The van der Waals surface area contributed by atoms with E-state index >= 15 is 0 Å². The first-order chi connectivity index (χ1) is 15.3. The van der Waals surface area contributed by atoms with Gasteiger partial charge >= 0.3 is 0 Å². The number of carbonyl (C=O) groups excluding carboxylic acids is 2. The molecule has 9 heteroatoms. The Balaban J connectivity index is 1.45. The van der Waals surface area contributed by atoms with Crippen molar-refractivity contribution in [2.24, 2.45) is 0 Å². The topological polar surface area (TPSA) is 86.8 Å². The maximum Gasteiger partial charge on any atom is 0.241 e. The minimum atomic E-state index is -3.84. The lowest BCUT2D eigenvalue weighted by molar-refractivity contribution is -0.140. The Morgan fingerprint density at radius 1 is 0.969 bits per heavy atom. The van der Waals surface area contributed by atoms with Crippen LogP contribution in [0.5, 0.6) is 0 Å². The number of carbonyl (C=O) groups is 2. The first-order valence-corrected chi connectivity index (χ1v) is 12.5. The largest absolute Gasteiger partial charge is 0.339 e. The number of amides is 2. The van der Waals surface area contributed by atoms with Crippen molar-refractivity contribution in [3.05, 3.63) is 65.2 Å². The van der Waals surface area contributed by atoms with E-state index in [4.69, 9.17) is 11.6 Å². The molecule has 32 heavy (non-hydrogen) atoms. The van der Waals surface area contributed by atoms with Crippen LogP contribution >= 0.6 is 11.6 Å². The second-order valence-corrected chi connectivity index (χ2v) is 9.99. The molecule has 1 heterocycles. The SMILES string of the molecule is C[C@H](NS(=O)(=O)c1ccc(Cl)cc1)C(=O)N1CCN(C(=O)CCCc2ccccc2)CC1. The number of rotatable bonds is 8. The fraction of sp³-hybridized carbons (Fsp3) is 0.391. The molecule has 1 atom stereocenters. The van der Waals surface area contributed by atoms with Crippen molar-refractivity contribution >= 4 is 33.4 Å². The Morgan fingerprint density at radius 2 is 1.56 bits per heavy atom. The number of hydrogen-bond donors (Lipinski definition) is 1. The molecule has 3 rings (SSSR count). The molecule has 2 aromatic carbocycles. The lowest BCUT2D eigenvalue weighted by Crippen LogP contribution is -2.55. The fourth-order valence-electron chi connectivity index (χ4n) is 3.66. The Bertz CT molecular complexity index is 1020. The highest BCUT2D eigenvalue weighted by Gasteiger charge is 2.29. The summed E-state index contributed by atoms with van der Waals surface area (Å²) in [5.74, 6) is -0.219. The lowest BCUT2D eigenvalue weighted by Gasteiger charge is -2.36. The number of aryl methyl sites for hydroxylation is 1. The predicted molar refractivity (Wildman–Crippen MR) is 124 cm³/mol. The summed E-state index contributed by atoms with van der Waals surface area (Å²) in [4.78, 5) is 28.7. The van der Waals surface area contributed by atoms with Gasteiger partial charge in [0.1, 0.15) is 0 Å². The lowest BCUT2D eigenvalue weighted by atomic mass is 10.1. The van der Waals surface area contributed by atoms with Gasteiger partial charge in [-0.05, 0) is 49.6 Å². The third-order valence-corrected chi connectivity index (χ3v) is 7.28. The van der Waals surface area contributed by atoms with Crippen LogP contribution in [0.25, 0.3) is 0 Å². The van der Waals surface area contributed by atoms with E-state index in [2.05, 4.69) is 16.9 Å². The van der Waals surface area contributed by atoms with Crippen molar-refractivity contribution in [3.63, 3.8) is 0 Å². The van der Waals surface area contributed by atoms with Gasteiger partial charge in [-0.15, -0.1) is 0 Å². The zero-order valence-electron chi connectivity index (χ0n) is 18.0. The van der Waals surface area contributed by atoms with Crippen molar-refractivity contribution in [3.8, 4) is 0 Å². The molecule has 0 aliphatic carbocycles. The van der Waals surface area contributed by atoms with Gasteiger partial charge in [0, 0.05) is 37.6 Å². The molecule has 1 aliphatic heterocycles. The van der Waals surface area contributed by atoms with Gasteiger partial charge < -0.3 is 9.80 Å². The van der Waals surface area contributed by atoms with E-state index in [0.29, 0.717) is 37.6 Å². The zero-order valence-corrected chi connectivity index (χ0v) is 19.6. The Kier molecular flexibility index (Phi) is 8.28. The van der Waals surface area contributed by atoms with Crippen molar-refractivity contribution in [1.82, 2.24) is 14.5 Å². The minimum absolute atomic E-state index is 0.0486. The quantitative estimate of drug-likeness (QED) is 0.633. The first kappa shape index (κ1) is 24.2. The van der Waals surface area contributed by atoms with E-state index in [9.17, 15) is 18.0 Å². The molecule has 1 fully saturated rings. The zero-order chi connectivity index (χ0) is 23.1. The Hall–Kier alpha value is -2.42. The molecule has 2 aromatic rings. The second kappa shape index (κ2) is 10.9. The van der Waals surface area contributed by atoms with Crippen molar-refractivity contribution in [2.45, 2.75) is 37.1 Å². The highest BCUT2D eigenvalue weighted by molar-refractivity contribution is 7.89. The molecule has 7 nitrogen and oxygen atoms in total. The van der Waals surface area contributed by atoms with Gasteiger partial charge in [-0.3, -0.25) is 9.59 Å². The van der Waals surface area contributed by atoms with E-state index in [1.165, 1.54) is 36.8 Å². The van der Waals surface area contributed by atoms with Crippen LogP contribution in [0, 0.1) is 0 Å². The van der Waals surface area contributed by atoms with Crippen molar-refractivity contribution in [2.75, 3.05) is 26.2 Å². The van der Waals surface area contributed by atoms with E-state index in [-0.39, 0.29) is 16.7 Å². The summed E-state index contributed by atoms with van der Waals surface area (Å²) in [6, 6.07) is 14.9. The number of halogens is 1. The van der Waals surface area contributed by atoms with Crippen LogP contribution in [0.2, 0.25) is 5.02 Å². The number of piperazine rings is 1. The van der Waals surface area contributed by atoms with Crippen LogP contribution in [-0.2, 0) is 26.0 Å². The van der Waals surface area contributed by atoms with Gasteiger partial charge in [-0.25, -0.2) is 8.42 Å². The van der Waals surface area contributed by atoms with Crippen LogP contribution in [0.1, 0.15) is 25.3 Å². The number of hydrogen-bond acceptors (Lipinski definition) is 4. The molecule has 0 radical (unpaired) electrons. The summed E-state index contributed by atoms with van der Waals surface area (Å²) in [5, 5.41) is 0.431. The molecule has 0 bridgehead atoms. The fourth-order valence-corrected chi connectivity index (χ4v) is 4.98. The number of nitrogens with zero attached hydrogens (tertiary/aromatic N) is 2. The Morgan fingerprint density at radius 3 is 2.19 bits per heavy atom. The summed E-state index contributed by atoms with van der Waals surface area (Å²) >= 11 is 5.81. The minimum Gasteiger partial charge on any atom is -0.339 e. The molecule has 2 amide bonds. The van der Waals surface area contributed by atoms with Crippen LogP contribution < -0.4 is 4.72 Å². The highest BCUT2D eigenvalue weighted by Crippen LogP contribution is 2.15. The van der Waals surface area contributed by atoms with Gasteiger partial charge in [0.05, 0.1) is 10.9 Å². The Labute approximate surface area is 194 Å². The molecule has 0 aromatic heterocycles. The standard InChI is InChI=1S/C23H28ClN3O4S/c1-18(25-32(30,31)21-12-10-20(24)11-13-21)23(29)27-16-14-26(15-17-27)22(28)9-5-8-19-6-3-2-4-7-19/h2-4,6-7,10-13,18,25H,5,8-9,14-17H2,1H3/t18-/m0/s1. The van der Waals surface area contributed by atoms with Gasteiger partial charge in [-0.2, -0.15) is 4.72 Å². The van der Waals surface area contributed by atoms with Crippen LogP contribution in [-0.4, -0.2) is 62.3 Å². The van der Waals surface area contributed by atoms with E-state index in [1.807, 2.05) is 18.2 Å². The van der Waals surface area contributed by atoms with Crippen molar-refractivity contribution in [1.29, 1.82) is 0 Å². The van der Waals surface area contributed by atoms with Crippen LogP contribution in [0.3, 0.4) is 0 Å². The maximum absolute atomic E-state index is 12.7. The summed E-state index contributed by atoms with van der Waals surface area (Å²) in [7, 11) is -3.84. The summed E-state index contributed by atoms with van der Waals surface area (Å²) in [5.41, 5.74) is 1.21. The van der Waals surface area contributed by atoms with Gasteiger partial charge in [0.2, 0.25) is 21.8 Å². The van der Waals surface area contributed by atoms with E-state index < -0.39 is 16.1 Å². The summed E-state index contributed by atoms with van der Waals surface area (Å²) < 4.78 is 27.4. The predicted octanol–water partition coefficient (Wildman–Crippen LogP) is 2.70. The average molecular weight is 478 g/mol. The molecule has 0 spiro atoms. The molecule has 1 N–H and O–H groups in total. The molecule has 1 saturated heterocycles. The molecule has 172 valence electrons. The van der Waals surface area contributed by atoms with Crippen LogP contribution in [0.4, 0.5) is 0 Å². The number of sulfonamides is 1. The summed E-state index contributed by atoms with van der Waals surface area (Å²) in [6.45, 7) is 3.20. The third kappa shape index (κ3) is 6.54. The second-order valence-electron chi connectivity index (χ2n) is 7.84. The van der Waals surface area contributed by atoms with Gasteiger partial charge in [0.25, 0.3) is 0 Å². The summed E-state index contributed by atoms with van der Waals surface area (Å²) in [6.07, 6.45) is 2.11. The third-order valence-electron chi connectivity index (χ3n) is 5.47. The maximum atomic E-state index is 12.7. The first-order valence-electron chi connectivity index (χ1n) is 10.6. The molecular formula is C23H28ClN3O4S. The smallest absolute Gasteiger partial charge is 0.241 e. The molecule has 1 aliphatic rings. The average Bonchev–Trinajstić information content (AvgIpc) is 2.79. The van der Waals surface area contributed by atoms with E-state index in [0.717, 1.165) is 12.8 Å². The molecular weight excluding hydrogens is 450 g/mol. The van der Waals surface area contributed by atoms with Crippen molar-refractivity contribution < 1.29 is 18.0 Å². The monoisotopic (exact) mass is 477 g/mol. The van der Waals surface area contributed by atoms with Gasteiger partial charge in [-0.1, -0.05) is 41.9 Å². The highest BCUT2D eigenvalue weighted by atomic mass is 35.5. The molecule has 0 saturated carbocycles. The van der Waals surface area contributed by atoms with Gasteiger partial charge in [0.15, 0.2) is 0 Å². The number of nitrogens with one attached hydrogen (secondary N) is 1. The van der Waals surface area contributed by atoms with E-state index in [1.54, 1.807) is 9.80 Å². The number of benzene rings is 2. The van der Waals surface area contributed by atoms with Crippen LogP contribution in [0.15, 0.2) is 59.5 Å².